The van der Waals surface area contributed by atoms with E-state index in [1.807, 2.05) is 48.5 Å². The molecule has 2 aromatic heterocycles. The Hall–Kier alpha value is -8.54. The van der Waals surface area contributed by atoms with Gasteiger partial charge in [0.15, 0.2) is 23.1 Å². The van der Waals surface area contributed by atoms with Gasteiger partial charge in [0.05, 0.1) is 0 Å². The third-order valence-corrected chi connectivity index (χ3v) is 12.0. The minimum atomic E-state index is 0.602. The summed E-state index contributed by atoms with van der Waals surface area (Å²) in [6.45, 7) is 0. The van der Waals surface area contributed by atoms with Crippen molar-refractivity contribution in [3.8, 4) is 79.0 Å². The first-order valence-corrected chi connectivity index (χ1v) is 21.1. The van der Waals surface area contributed by atoms with Crippen LogP contribution < -0.4 is 0 Å². The number of hydrogen-bond acceptors (Lipinski definition) is 5. The van der Waals surface area contributed by atoms with E-state index in [9.17, 15) is 0 Å². The molecule has 0 saturated heterocycles. The van der Waals surface area contributed by atoms with Gasteiger partial charge in [0.2, 0.25) is 5.89 Å². The number of hydrogen-bond donors (Lipinski definition) is 0. The SMILES string of the molecule is c1ccc(-c2nc3ccc4cccc(-c5cccc6cc(-c7nc(-c8ccc(-c9cccc%10ccccc9%10)cc8)nc(-c8ccccc8-c8ccccc8)n7)ccc56)c4c3o2)cc1. The van der Waals surface area contributed by atoms with Gasteiger partial charge in [-0.1, -0.05) is 194 Å². The van der Waals surface area contributed by atoms with Crippen molar-refractivity contribution in [2.45, 2.75) is 0 Å². The Morgan fingerprint density at radius 1 is 0.286 bits per heavy atom. The van der Waals surface area contributed by atoms with Gasteiger partial charge in [-0.05, 0) is 84.6 Å². The number of nitrogens with zero attached hydrogens (tertiary/aromatic N) is 4. The highest BCUT2D eigenvalue weighted by Crippen LogP contribution is 2.40. The van der Waals surface area contributed by atoms with Crippen molar-refractivity contribution >= 4 is 43.4 Å². The van der Waals surface area contributed by atoms with E-state index < -0.39 is 0 Å². The Morgan fingerprint density at radius 3 is 1.63 bits per heavy atom. The summed E-state index contributed by atoms with van der Waals surface area (Å²) in [7, 11) is 0. The molecular weight excluding hydrogens is 769 g/mol. The molecule has 0 aliphatic carbocycles. The summed E-state index contributed by atoms with van der Waals surface area (Å²) in [6.07, 6.45) is 0. The zero-order chi connectivity index (χ0) is 41.7. The van der Waals surface area contributed by atoms with Crippen LogP contribution in [-0.2, 0) is 0 Å². The van der Waals surface area contributed by atoms with Crippen LogP contribution in [0.3, 0.4) is 0 Å². The van der Waals surface area contributed by atoms with E-state index in [0.29, 0.717) is 23.4 Å². The van der Waals surface area contributed by atoms with E-state index in [1.165, 1.54) is 16.3 Å². The van der Waals surface area contributed by atoms with Gasteiger partial charge in [-0.15, -0.1) is 0 Å². The summed E-state index contributed by atoms with van der Waals surface area (Å²) in [4.78, 5) is 20.5. The topological polar surface area (TPSA) is 64.7 Å². The Labute approximate surface area is 363 Å². The molecule has 0 saturated carbocycles. The molecule has 5 heteroatoms. The van der Waals surface area contributed by atoms with Crippen molar-refractivity contribution in [3.63, 3.8) is 0 Å². The number of rotatable bonds is 7. The zero-order valence-electron chi connectivity index (χ0n) is 34.0. The molecule has 12 aromatic rings. The Morgan fingerprint density at radius 2 is 0.825 bits per heavy atom. The molecule has 0 atom stereocenters. The van der Waals surface area contributed by atoms with E-state index in [0.717, 1.165) is 82.7 Å². The van der Waals surface area contributed by atoms with E-state index in [1.54, 1.807) is 0 Å². The van der Waals surface area contributed by atoms with Crippen LogP contribution in [0.1, 0.15) is 0 Å². The highest BCUT2D eigenvalue weighted by molar-refractivity contribution is 6.14. The smallest absolute Gasteiger partial charge is 0.227 e. The molecule has 10 aromatic carbocycles. The van der Waals surface area contributed by atoms with Crippen LogP contribution in [0.2, 0.25) is 0 Å². The van der Waals surface area contributed by atoms with Crippen molar-refractivity contribution in [2.24, 2.45) is 0 Å². The molecule has 63 heavy (non-hydrogen) atoms. The molecular formula is C58H36N4O. The third kappa shape index (κ3) is 6.51. The fourth-order valence-electron chi connectivity index (χ4n) is 8.92. The van der Waals surface area contributed by atoms with Gasteiger partial charge in [-0.2, -0.15) is 0 Å². The van der Waals surface area contributed by atoms with Crippen LogP contribution in [0.15, 0.2) is 223 Å². The summed E-state index contributed by atoms with van der Waals surface area (Å²) < 4.78 is 6.56. The lowest BCUT2D eigenvalue weighted by Crippen LogP contribution is -2.01. The maximum Gasteiger partial charge on any atom is 0.227 e. The largest absolute Gasteiger partial charge is 0.435 e. The maximum absolute atomic E-state index is 6.56. The quantitative estimate of drug-likeness (QED) is 0.161. The van der Waals surface area contributed by atoms with Gasteiger partial charge in [0, 0.05) is 27.6 Å². The Balaban J connectivity index is 0.996. The van der Waals surface area contributed by atoms with Crippen LogP contribution in [-0.4, -0.2) is 19.9 Å². The minimum absolute atomic E-state index is 0.602. The Kier molecular flexibility index (Phi) is 8.75. The van der Waals surface area contributed by atoms with Crippen molar-refractivity contribution < 1.29 is 4.42 Å². The molecule has 0 amide bonds. The summed E-state index contributed by atoms with van der Waals surface area (Å²) in [5, 5.41) is 6.75. The molecule has 0 N–H and O–H groups in total. The molecule has 0 bridgehead atoms. The van der Waals surface area contributed by atoms with Gasteiger partial charge in [-0.3, -0.25) is 0 Å². The summed E-state index contributed by atoms with van der Waals surface area (Å²) >= 11 is 0. The average molecular weight is 805 g/mol. The maximum atomic E-state index is 6.56. The molecule has 0 aliphatic rings. The lowest BCUT2D eigenvalue weighted by molar-refractivity contribution is 0.623. The first-order valence-electron chi connectivity index (χ1n) is 21.1. The fraction of sp³-hybridized carbons (Fsp3) is 0. The number of fused-ring (bicyclic) bond motifs is 5. The van der Waals surface area contributed by atoms with Crippen LogP contribution in [0.4, 0.5) is 0 Å². The van der Waals surface area contributed by atoms with E-state index >= 15 is 0 Å². The lowest BCUT2D eigenvalue weighted by Gasteiger charge is -2.14. The van der Waals surface area contributed by atoms with Gasteiger partial charge in [0.1, 0.15) is 5.52 Å². The van der Waals surface area contributed by atoms with Crippen LogP contribution in [0.25, 0.3) is 122 Å². The van der Waals surface area contributed by atoms with E-state index in [-0.39, 0.29) is 0 Å². The number of oxazole rings is 1. The second kappa shape index (κ2) is 15.2. The highest BCUT2D eigenvalue weighted by atomic mass is 16.3. The predicted octanol–water partition coefficient (Wildman–Crippen LogP) is 15.1. The van der Waals surface area contributed by atoms with Crippen molar-refractivity contribution in [1.82, 2.24) is 19.9 Å². The second-order valence-corrected chi connectivity index (χ2v) is 15.8. The molecule has 0 radical (unpaired) electrons. The first kappa shape index (κ1) is 36.3. The lowest BCUT2D eigenvalue weighted by atomic mass is 9.93. The molecule has 12 rings (SSSR count). The number of aromatic nitrogens is 4. The molecule has 294 valence electrons. The third-order valence-electron chi connectivity index (χ3n) is 12.0. The van der Waals surface area contributed by atoms with Gasteiger partial charge in [0.25, 0.3) is 0 Å². The van der Waals surface area contributed by atoms with E-state index in [2.05, 4.69) is 170 Å². The van der Waals surface area contributed by atoms with Gasteiger partial charge >= 0.3 is 0 Å². The van der Waals surface area contributed by atoms with Crippen molar-refractivity contribution in [2.75, 3.05) is 0 Å². The van der Waals surface area contributed by atoms with Gasteiger partial charge < -0.3 is 4.42 Å². The molecule has 0 unspecified atom stereocenters. The summed E-state index contributed by atoms with van der Waals surface area (Å²) in [5.41, 5.74) is 12.0. The molecule has 0 fully saturated rings. The van der Waals surface area contributed by atoms with Crippen LogP contribution >= 0.6 is 0 Å². The number of benzene rings is 10. The normalized spacial score (nSPS) is 11.5. The highest BCUT2D eigenvalue weighted by Gasteiger charge is 2.19. The van der Waals surface area contributed by atoms with Crippen LogP contribution in [0.5, 0.6) is 0 Å². The summed E-state index contributed by atoms with van der Waals surface area (Å²) in [5.74, 6) is 2.44. The van der Waals surface area contributed by atoms with Crippen LogP contribution in [0, 0.1) is 0 Å². The molecule has 2 heterocycles. The minimum Gasteiger partial charge on any atom is -0.435 e. The first-order chi connectivity index (χ1) is 31.2. The monoisotopic (exact) mass is 804 g/mol. The fourth-order valence-corrected chi connectivity index (χ4v) is 8.92. The molecule has 0 aliphatic heterocycles. The molecule has 5 nitrogen and oxygen atoms in total. The second-order valence-electron chi connectivity index (χ2n) is 15.8. The standard InChI is InChI=1S/C58H36N4O/c1-3-14-37(15-4-1)47-23-9-10-24-51(47)57-61-55(41-30-28-39(29-31-41)46-25-11-19-38-16-7-8-22-45(38)46)60-56(62-57)44-32-34-48-43(36-44)21-13-26-49(48)50-27-12-20-40-33-35-52-54(53(40)50)63-58(59-52)42-17-5-2-6-18-42/h1-36H. The zero-order valence-corrected chi connectivity index (χ0v) is 34.0. The average Bonchev–Trinajstić information content (AvgIpc) is 3.81. The van der Waals surface area contributed by atoms with E-state index in [4.69, 9.17) is 24.4 Å². The Bertz CT molecular complexity index is 3670. The van der Waals surface area contributed by atoms with Crippen molar-refractivity contribution in [3.05, 3.63) is 218 Å². The molecule has 0 spiro atoms. The summed E-state index contributed by atoms with van der Waals surface area (Å²) in [6, 6.07) is 75.9. The van der Waals surface area contributed by atoms with Gasteiger partial charge in [-0.25, -0.2) is 19.9 Å². The van der Waals surface area contributed by atoms with Crippen molar-refractivity contribution in [1.29, 1.82) is 0 Å². The predicted molar refractivity (Wildman–Crippen MR) is 258 cm³/mol.